The molecule has 0 saturated heterocycles. The molecule has 0 bridgehead atoms. The molecule has 0 atom stereocenters. The lowest BCUT2D eigenvalue weighted by molar-refractivity contribution is -0.121. The quantitative estimate of drug-likeness (QED) is 0.629. The molecule has 0 spiro atoms. The third kappa shape index (κ3) is 4.06. The number of benzene rings is 1. The molecular weight excluding hydrogens is 336 g/mol. The molecule has 2 aromatic heterocycles. The van der Waals surface area contributed by atoms with Crippen molar-refractivity contribution < 1.29 is 9.90 Å². The lowest BCUT2D eigenvalue weighted by Crippen LogP contribution is -2.22. The van der Waals surface area contributed by atoms with Gasteiger partial charge in [-0.1, -0.05) is 6.92 Å². The molecule has 3 rings (SSSR count). The Morgan fingerprint density at radius 2 is 2.04 bits per heavy atom. The van der Waals surface area contributed by atoms with Crippen LogP contribution in [0.4, 0.5) is 0 Å². The van der Waals surface area contributed by atoms with Crippen LogP contribution < -0.4 is 5.32 Å². The summed E-state index contributed by atoms with van der Waals surface area (Å²) in [7, 11) is 0. The molecule has 0 aliphatic rings. The van der Waals surface area contributed by atoms with E-state index in [1.165, 1.54) is 0 Å². The summed E-state index contributed by atoms with van der Waals surface area (Å²) in [6.45, 7) is 4.26. The largest absolute Gasteiger partial charge is 0.508 e. The number of aromatic hydroxyl groups is 1. The number of rotatable bonds is 6. The van der Waals surface area contributed by atoms with Crippen molar-refractivity contribution in [3.63, 3.8) is 0 Å². The van der Waals surface area contributed by atoms with Gasteiger partial charge in [-0.2, -0.15) is 0 Å². The van der Waals surface area contributed by atoms with Gasteiger partial charge in [-0.25, -0.2) is 9.97 Å². The fraction of sp³-hybridized carbons (Fsp3) is 0.278. The molecule has 130 valence electrons. The maximum atomic E-state index is 11.7. The van der Waals surface area contributed by atoms with Crippen molar-refractivity contribution >= 4 is 17.2 Å². The minimum absolute atomic E-state index is 0.0109. The number of imidazole rings is 1. The van der Waals surface area contributed by atoms with Crippen LogP contribution in [0.1, 0.15) is 31.3 Å². The standard InChI is InChI=1S/C18H20N4O2S/c1-3-4-15(24)19-9-14-21-16(12-5-7-13(23)8-6-12)17(22-14)18-20-11(2)10-25-18/h5-8,10,23H,3-4,9H2,1-2H3,(H,19,24)(H,21,22). The Bertz CT molecular complexity index is 868. The fourth-order valence-electron chi connectivity index (χ4n) is 2.46. The van der Waals surface area contributed by atoms with Gasteiger partial charge in [0.2, 0.25) is 5.91 Å². The first-order chi connectivity index (χ1) is 12.1. The summed E-state index contributed by atoms with van der Waals surface area (Å²) < 4.78 is 0. The van der Waals surface area contributed by atoms with Crippen molar-refractivity contribution in [3.8, 4) is 27.7 Å². The number of aryl methyl sites for hydroxylation is 1. The van der Waals surface area contributed by atoms with Crippen LogP contribution in [0, 0.1) is 6.92 Å². The van der Waals surface area contributed by atoms with Crippen molar-refractivity contribution in [2.45, 2.75) is 33.2 Å². The molecule has 0 radical (unpaired) electrons. The Balaban J connectivity index is 1.94. The van der Waals surface area contributed by atoms with Gasteiger partial charge in [0.25, 0.3) is 0 Å². The molecule has 6 nitrogen and oxygen atoms in total. The highest BCUT2D eigenvalue weighted by molar-refractivity contribution is 7.13. The van der Waals surface area contributed by atoms with E-state index >= 15 is 0 Å². The molecular formula is C18H20N4O2S. The summed E-state index contributed by atoms with van der Waals surface area (Å²) in [5, 5.41) is 15.2. The van der Waals surface area contributed by atoms with Crippen molar-refractivity contribution in [1.29, 1.82) is 0 Å². The summed E-state index contributed by atoms with van der Waals surface area (Å²) >= 11 is 1.54. The highest BCUT2D eigenvalue weighted by atomic mass is 32.1. The van der Waals surface area contributed by atoms with Crippen molar-refractivity contribution in [3.05, 3.63) is 41.2 Å². The van der Waals surface area contributed by atoms with E-state index in [4.69, 9.17) is 0 Å². The van der Waals surface area contributed by atoms with E-state index in [2.05, 4.69) is 20.3 Å². The number of amides is 1. The number of phenols is 1. The molecule has 0 aliphatic heterocycles. The predicted molar refractivity (Wildman–Crippen MR) is 98.3 cm³/mol. The number of hydrogen-bond donors (Lipinski definition) is 3. The van der Waals surface area contributed by atoms with E-state index in [0.29, 0.717) is 18.8 Å². The lowest BCUT2D eigenvalue weighted by Gasteiger charge is -2.01. The Labute approximate surface area is 150 Å². The minimum Gasteiger partial charge on any atom is -0.508 e. The molecule has 3 aromatic rings. The topological polar surface area (TPSA) is 90.9 Å². The molecule has 2 heterocycles. The highest BCUT2D eigenvalue weighted by Crippen LogP contribution is 2.32. The van der Waals surface area contributed by atoms with Crippen molar-refractivity contribution in [1.82, 2.24) is 20.3 Å². The van der Waals surface area contributed by atoms with Gasteiger partial charge >= 0.3 is 0 Å². The zero-order chi connectivity index (χ0) is 17.8. The lowest BCUT2D eigenvalue weighted by atomic mass is 10.1. The van der Waals surface area contributed by atoms with Gasteiger partial charge in [0.15, 0.2) is 0 Å². The van der Waals surface area contributed by atoms with Gasteiger partial charge in [0.1, 0.15) is 22.3 Å². The molecule has 0 aliphatic carbocycles. The second-order valence-corrected chi connectivity index (χ2v) is 6.63. The fourth-order valence-corrected chi connectivity index (χ4v) is 3.25. The van der Waals surface area contributed by atoms with Gasteiger partial charge in [0, 0.05) is 23.1 Å². The predicted octanol–water partition coefficient (Wildman–Crippen LogP) is 3.63. The normalized spacial score (nSPS) is 10.8. The number of thiazole rings is 1. The van der Waals surface area contributed by atoms with Crippen molar-refractivity contribution in [2.75, 3.05) is 0 Å². The van der Waals surface area contributed by atoms with Crippen LogP contribution in [0.15, 0.2) is 29.6 Å². The van der Waals surface area contributed by atoms with E-state index in [1.807, 2.05) is 31.4 Å². The number of nitrogens with zero attached hydrogens (tertiary/aromatic N) is 2. The van der Waals surface area contributed by atoms with E-state index in [1.54, 1.807) is 23.5 Å². The van der Waals surface area contributed by atoms with Crippen LogP contribution in [0.2, 0.25) is 0 Å². The van der Waals surface area contributed by atoms with Crippen molar-refractivity contribution in [2.24, 2.45) is 0 Å². The molecule has 1 aromatic carbocycles. The average molecular weight is 356 g/mol. The number of nitrogens with one attached hydrogen (secondary N) is 2. The molecule has 3 N–H and O–H groups in total. The first-order valence-electron chi connectivity index (χ1n) is 8.14. The Hall–Kier alpha value is -2.67. The van der Waals surface area contributed by atoms with Gasteiger partial charge in [-0.3, -0.25) is 4.79 Å². The van der Waals surface area contributed by atoms with Gasteiger partial charge in [-0.15, -0.1) is 11.3 Å². The third-order valence-electron chi connectivity index (χ3n) is 3.66. The van der Waals surface area contributed by atoms with Crippen LogP contribution in [-0.4, -0.2) is 26.0 Å². The monoisotopic (exact) mass is 356 g/mol. The average Bonchev–Trinajstić information content (AvgIpc) is 3.20. The smallest absolute Gasteiger partial charge is 0.220 e. The number of aromatic nitrogens is 3. The van der Waals surface area contributed by atoms with E-state index in [9.17, 15) is 9.90 Å². The minimum atomic E-state index is 0.0109. The molecule has 25 heavy (non-hydrogen) atoms. The maximum Gasteiger partial charge on any atom is 0.220 e. The third-order valence-corrected chi connectivity index (χ3v) is 4.63. The molecule has 1 amide bonds. The molecule has 0 unspecified atom stereocenters. The van der Waals surface area contributed by atoms with Gasteiger partial charge in [0.05, 0.1) is 12.2 Å². The van der Waals surface area contributed by atoms with Crippen LogP contribution in [0.25, 0.3) is 22.0 Å². The maximum absolute atomic E-state index is 11.7. The summed E-state index contributed by atoms with van der Waals surface area (Å²) in [6, 6.07) is 6.89. The number of H-pyrrole nitrogens is 1. The summed E-state index contributed by atoms with van der Waals surface area (Å²) in [5.41, 5.74) is 3.41. The summed E-state index contributed by atoms with van der Waals surface area (Å²) in [4.78, 5) is 24.2. The number of carbonyl (C=O) groups excluding carboxylic acids is 1. The summed E-state index contributed by atoms with van der Waals surface area (Å²) in [5.74, 6) is 0.894. The highest BCUT2D eigenvalue weighted by Gasteiger charge is 2.17. The van der Waals surface area contributed by atoms with Gasteiger partial charge in [-0.05, 0) is 37.6 Å². The first kappa shape index (κ1) is 17.2. The Morgan fingerprint density at radius 3 is 2.68 bits per heavy atom. The van der Waals surface area contributed by atoms with Crippen LogP contribution in [0.3, 0.4) is 0 Å². The number of aromatic amines is 1. The Kier molecular flexibility index (Phi) is 5.14. The summed E-state index contributed by atoms with van der Waals surface area (Å²) in [6.07, 6.45) is 1.32. The van der Waals surface area contributed by atoms with E-state index in [0.717, 1.165) is 34.1 Å². The number of carbonyl (C=O) groups is 1. The van der Waals surface area contributed by atoms with E-state index < -0.39 is 0 Å². The van der Waals surface area contributed by atoms with Crippen LogP contribution in [-0.2, 0) is 11.3 Å². The molecule has 7 heteroatoms. The Morgan fingerprint density at radius 1 is 1.28 bits per heavy atom. The van der Waals surface area contributed by atoms with E-state index in [-0.39, 0.29) is 11.7 Å². The first-order valence-corrected chi connectivity index (χ1v) is 9.02. The van der Waals surface area contributed by atoms with Crippen LogP contribution in [0.5, 0.6) is 5.75 Å². The van der Waals surface area contributed by atoms with Gasteiger partial charge < -0.3 is 15.4 Å². The zero-order valence-corrected chi connectivity index (χ0v) is 15.0. The SMILES string of the molecule is CCCC(=O)NCc1nc(-c2ccc(O)cc2)c(-c2nc(C)cs2)[nH]1. The number of phenolic OH excluding ortho intramolecular Hbond substituents is 1. The second-order valence-electron chi connectivity index (χ2n) is 5.77. The molecule has 0 fully saturated rings. The van der Waals surface area contributed by atoms with Crippen LogP contribution >= 0.6 is 11.3 Å². The molecule has 0 saturated carbocycles. The second kappa shape index (κ2) is 7.48. The number of hydrogen-bond acceptors (Lipinski definition) is 5. The zero-order valence-electron chi connectivity index (χ0n) is 14.2.